The summed E-state index contributed by atoms with van der Waals surface area (Å²) in [6.07, 6.45) is 4.16. The molecular weight excluding hydrogens is 322 g/mol. The number of carbonyl (C=O) groups excluding carboxylic acids is 1. The number of rotatable bonds is 6. The maximum Gasteiger partial charge on any atom is 0.249 e. The maximum atomic E-state index is 12.2. The minimum Gasteiger partial charge on any atom is -0.493 e. The smallest absolute Gasteiger partial charge is 0.249 e. The van der Waals surface area contributed by atoms with Crippen molar-refractivity contribution in [2.45, 2.75) is 38.6 Å². The van der Waals surface area contributed by atoms with Gasteiger partial charge in [-0.1, -0.05) is 18.0 Å². The molecule has 0 aliphatic heterocycles. The lowest BCUT2D eigenvalue weighted by Gasteiger charge is -2.13. The van der Waals surface area contributed by atoms with E-state index in [9.17, 15) is 4.79 Å². The normalized spacial score (nSPS) is 15.8. The van der Waals surface area contributed by atoms with Gasteiger partial charge in [-0.2, -0.15) is 4.98 Å². The van der Waals surface area contributed by atoms with Crippen molar-refractivity contribution in [3.8, 4) is 22.9 Å². The number of methoxy groups -OCH3 is 2. The molecule has 1 amide bonds. The van der Waals surface area contributed by atoms with E-state index in [1.807, 2.05) is 13.0 Å². The number of nitrogens with zero attached hydrogens (tertiary/aromatic N) is 2. The molecule has 0 spiro atoms. The van der Waals surface area contributed by atoms with Gasteiger partial charge in [0.2, 0.25) is 17.6 Å². The molecule has 3 rings (SSSR count). The van der Waals surface area contributed by atoms with E-state index in [0.29, 0.717) is 23.2 Å². The summed E-state index contributed by atoms with van der Waals surface area (Å²) in [6.45, 7) is 1.85. The Bertz CT molecular complexity index is 738. The Hall–Kier alpha value is -2.57. The van der Waals surface area contributed by atoms with E-state index in [0.717, 1.165) is 31.2 Å². The highest BCUT2D eigenvalue weighted by Crippen LogP contribution is 2.31. The SMILES string of the molecule is COc1ccc(-c2noc(C(C)NC(=O)C3CCCC3)n2)cc1OC. The third-order valence-corrected chi connectivity index (χ3v) is 4.54. The zero-order valence-corrected chi connectivity index (χ0v) is 14.7. The van der Waals surface area contributed by atoms with Crippen molar-refractivity contribution < 1.29 is 18.8 Å². The van der Waals surface area contributed by atoms with Gasteiger partial charge in [0.05, 0.1) is 14.2 Å². The number of amides is 1. The quantitative estimate of drug-likeness (QED) is 0.865. The van der Waals surface area contributed by atoms with E-state index < -0.39 is 0 Å². The second-order valence-corrected chi connectivity index (χ2v) is 6.24. The van der Waals surface area contributed by atoms with E-state index in [1.165, 1.54) is 0 Å². The van der Waals surface area contributed by atoms with Crippen molar-refractivity contribution in [1.82, 2.24) is 15.5 Å². The zero-order chi connectivity index (χ0) is 17.8. The number of hydrogen-bond acceptors (Lipinski definition) is 6. The molecule has 1 aliphatic carbocycles. The highest BCUT2D eigenvalue weighted by molar-refractivity contribution is 5.79. The molecule has 1 saturated carbocycles. The second kappa shape index (κ2) is 7.55. The van der Waals surface area contributed by atoms with Crippen LogP contribution in [0.25, 0.3) is 11.4 Å². The number of carbonyl (C=O) groups is 1. The Morgan fingerprint density at radius 2 is 1.96 bits per heavy atom. The first kappa shape index (κ1) is 17.3. The first-order valence-electron chi connectivity index (χ1n) is 8.48. The van der Waals surface area contributed by atoms with Crippen LogP contribution in [0.4, 0.5) is 0 Å². The molecule has 2 aromatic rings. The third kappa shape index (κ3) is 3.75. The second-order valence-electron chi connectivity index (χ2n) is 6.24. The van der Waals surface area contributed by atoms with Gasteiger partial charge >= 0.3 is 0 Å². The number of aromatic nitrogens is 2. The van der Waals surface area contributed by atoms with Gasteiger partial charge in [-0.25, -0.2) is 0 Å². The van der Waals surface area contributed by atoms with Crippen LogP contribution >= 0.6 is 0 Å². The summed E-state index contributed by atoms with van der Waals surface area (Å²) in [7, 11) is 3.16. The Kier molecular flexibility index (Phi) is 5.21. The summed E-state index contributed by atoms with van der Waals surface area (Å²) in [5, 5.41) is 6.97. The van der Waals surface area contributed by atoms with E-state index >= 15 is 0 Å². The van der Waals surface area contributed by atoms with Crippen LogP contribution in [0, 0.1) is 5.92 Å². The molecule has 134 valence electrons. The van der Waals surface area contributed by atoms with E-state index in [2.05, 4.69) is 15.5 Å². The molecule has 0 bridgehead atoms. The third-order valence-electron chi connectivity index (χ3n) is 4.54. The van der Waals surface area contributed by atoms with E-state index in [1.54, 1.807) is 26.4 Å². The van der Waals surface area contributed by atoms with Gasteiger partial charge in [0.1, 0.15) is 6.04 Å². The minimum atomic E-state index is -0.325. The molecule has 7 nitrogen and oxygen atoms in total. The molecule has 7 heteroatoms. The highest BCUT2D eigenvalue weighted by atomic mass is 16.5. The molecule has 0 saturated heterocycles. The molecule has 1 fully saturated rings. The lowest BCUT2D eigenvalue weighted by Crippen LogP contribution is -2.31. The molecular formula is C18H23N3O4. The summed E-state index contributed by atoms with van der Waals surface area (Å²) in [4.78, 5) is 16.6. The van der Waals surface area contributed by atoms with Crippen LogP contribution in [0.5, 0.6) is 11.5 Å². The Labute approximate surface area is 146 Å². The fourth-order valence-corrected chi connectivity index (χ4v) is 3.08. The average Bonchev–Trinajstić information content (AvgIpc) is 3.32. The monoisotopic (exact) mass is 345 g/mol. The van der Waals surface area contributed by atoms with Crippen LogP contribution in [-0.4, -0.2) is 30.3 Å². The first-order valence-corrected chi connectivity index (χ1v) is 8.48. The van der Waals surface area contributed by atoms with Crippen LogP contribution in [0.1, 0.15) is 44.5 Å². The van der Waals surface area contributed by atoms with Gasteiger partial charge < -0.3 is 19.3 Å². The van der Waals surface area contributed by atoms with Crippen LogP contribution in [0.2, 0.25) is 0 Å². The van der Waals surface area contributed by atoms with Crippen molar-refractivity contribution in [2.75, 3.05) is 14.2 Å². The van der Waals surface area contributed by atoms with Gasteiger partial charge in [-0.3, -0.25) is 4.79 Å². The summed E-state index contributed by atoms with van der Waals surface area (Å²) in [5.41, 5.74) is 0.752. The Morgan fingerprint density at radius 3 is 2.64 bits per heavy atom. The molecule has 1 aromatic heterocycles. The lowest BCUT2D eigenvalue weighted by atomic mass is 10.1. The summed E-state index contributed by atoms with van der Waals surface area (Å²) in [6, 6.07) is 5.08. The Balaban J connectivity index is 1.72. The zero-order valence-electron chi connectivity index (χ0n) is 14.7. The predicted octanol–water partition coefficient (Wildman–Crippen LogP) is 3.12. The molecule has 0 radical (unpaired) electrons. The average molecular weight is 345 g/mol. The molecule has 1 aliphatic rings. The highest BCUT2D eigenvalue weighted by Gasteiger charge is 2.25. The lowest BCUT2D eigenvalue weighted by molar-refractivity contribution is -0.125. The molecule has 1 aromatic carbocycles. The standard InChI is InChI=1S/C18H23N3O4/c1-11(19-17(22)12-6-4-5-7-12)18-20-16(21-25-18)13-8-9-14(23-2)15(10-13)24-3/h8-12H,4-7H2,1-3H3,(H,19,22). The van der Waals surface area contributed by atoms with Crippen molar-refractivity contribution in [3.63, 3.8) is 0 Å². The molecule has 25 heavy (non-hydrogen) atoms. The molecule has 1 unspecified atom stereocenters. The number of nitrogens with one attached hydrogen (secondary N) is 1. The molecule has 1 atom stereocenters. The largest absolute Gasteiger partial charge is 0.493 e. The number of benzene rings is 1. The van der Waals surface area contributed by atoms with Gasteiger partial charge in [0.25, 0.3) is 0 Å². The van der Waals surface area contributed by atoms with Crippen molar-refractivity contribution in [1.29, 1.82) is 0 Å². The molecule has 1 heterocycles. The maximum absolute atomic E-state index is 12.2. The fraction of sp³-hybridized carbons (Fsp3) is 0.500. The van der Waals surface area contributed by atoms with Crippen LogP contribution in [0.15, 0.2) is 22.7 Å². The Morgan fingerprint density at radius 1 is 1.24 bits per heavy atom. The van der Waals surface area contributed by atoms with Crippen molar-refractivity contribution in [2.24, 2.45) is 5.92 Å². The van der Waals surface area contributed by atoms with Gasteiger partial charge in [0.15, 0.2) is 11.5 Å². The van der Waals surface area contributed by atoms with Gasteiger partial charge in [-0.15, -0.1) is 0 Å². The van der Waals surface area contributed by atoms with Crippen molar-refractivity contribution >= 4 is 5.91 Å². The van der Waals surface area contributed by atoms with Crippen LogP contribution in [0.3, 0.4) is 0 Å². The van der Waals surface area contributed by atoms with E-state index in [-0.39, 0.29) is 17.9 Å². The number of ether oxygens (including phenoxy) is 2. The first-order chi connectivity index (χ1) is 12.1. The van der Waals surface area contributed by atoms with Crippen molar-refractivity contribution in [3.05, 3.63) is 24.1 Å². The minimum absolute atomic E-state index is 0.0656. The summed E-state index contributed by atoms with van der Waals surface area (Å²) >= 11 is 0. The van der Waals surface area contributed by atoms with Gasteiger partial charge in [0, 0.05) is 11.5 Å². The van der Waals surface area contributed by atoms with Crippen LogP contribution < -0.4 is 14.8 Å². The van der Waals surface area contributed by atoms with E-state index in [4.69, 9.17) is 14.0 Å². The van der Waals surface area contributed by atoms with Crippen LogP contribution in [-0.2, 0) is 4.79 Å². The topological polar surface area (TPSA) is 86.5 Å². The summed E-state index contributed by atoms with van der Waals surface area (Å²) < 4.78 is 15.8. The molecule has 1 N–H and O–H groups in total. The predicted molar refractivity (Wildman–Crippen MR) is 91.4 cm³/mol. The van der Waals surface area contributed by atoms with Gasteiger partial charge in [-0.05, 0) is 38.0 Å². The number of hydrogen-bond donors (Lipinski definition) is 1. The fourth-order valence-electron chi connectivity index (χ4n) is 3.08. The summed E-state index contributed by atoms with van der Waals surface area (Å²) in [5.74, 6) is 2.22.